The Bertz CT molecular complexity index is 709. The lowest BCUT2D eigenvalue weighted by atomic mass is 10.1. The third-order valence-electron chi connectivity index (χ3n) is 3.32. The zero-order chi connectivity index (χ0) is 14.2. The maximum atomic E-state index is 11.5. The molecular formula is C12H14N4O3S. The Morgan fingerprint density at radius 3 is 2.85 bits per heavy atom. The summed E-state index contributed by atoms with van der Waals surface area (Å²) < 4.78 is 28.1. The summed E-state index contributed by atoms with van der Waals surface area (Å²) in [6.45, 7) is 0.419. The van der Waals surface area contributed by atoms with Crippen LogP contribution in [0.25, 0.3) is 11.6 Å². The first-order chi connectivity index (χ1) is 9.57. The lowest BCUT2D eigenvalue weighted by Crippen LogP contribution is -2.05. The Morgan fingerprint density at radius 2 is 2.25 bits per heavy atom. The van der Waals surface area contributed by atoms with Crippen molar-refractivity contribution in [3.63, 3.8) is 0 Å². The summed E-state index contributed by atoms with van der Waals surface area (Å²) in [5.41, 5.74) is 6.97. The number of rotatable bonds is 3. The molecule has 2 N–H and O–H groups in total. The van der Waals surface area contributed by atoms with E-state index in [1.165, 1.54) is 0 Å². The van der Waals surface area contributed by atoms with E-state index in [2.05, 4.69) is 15.1 Å². The average Bonchev–Trinajstić information content (AvgIpc) is 3.05. The predicted octanol–water partition coefficient (Wildman–Crippen LogP) is 0.492. The molecule has 7 nitrogen and oxygen atoms in total. The van der Waals surface area contributed by atoms with Crippen LogP contribution in [-0.4, -0.2) is 35.0 Å². The SMILES string of the molecule is NCc1ccc(-c2nc(C3CCS(=O)(=O)C3)no2)nc1. The highest BCUT2D eigenvalue weighted by Crippen LogP contribution is 2.28. The summed E-state index contributed by atoms with van der Waals surface area (Å²) in [6, 6.07) is 3.59. The van der Waals surface area contributed by atoms with E-state index in [4.69, 9.17) is 10.3 Å². The second kappa shape index (κ2) is 4.95. The Kier molecular flexibility index (Phi) is 3.27. The van der Waals surface area contributed by atoms with E-state index in [9.17, 15) is 8.42 Å². The van der Waals surface area contributed by atoms with Crippen LogP contribution in [-0.2, 0) is 16.4 Å². The van der Waals surface area contributed by atoms with Crippen molar-refractivity contribution in [2.75, 3.05) is 11.5 Å². The largest absolute Gasteiger partial charge is 0.332 e. The van der Waals surface area contributed by atoms with Crippen molar-refractivity contribution >= 4 is 9.84 Å². The summed E-state index contributed by atoms with van der Waals surface area (Å²) in [4.78, 5) is 8.44. The predicted molar refractivity (Wildman–Crippen MR) is 71.4 cm³/mol. The monoisotopic (exact) mass is 294 g/mol. The Hall–Kier alpha value is -1.80. The van der Waals surface area contributed by atoms with E-state index in [1.54, 1.807) is 12.3 Å². The molecule has 3 rings (SSSR count). The van der Waals surface area contributed by atoms with Crippen LogP contribution in [0.3, 0.4) is 0 Å². The third-order valence-corrected chi connectivity index (χ3v) is 5.09. The Balaban J connectivity index is 1.83. The van der Waals surface area contributed by atoms with Gasteiger partial charge in [0.15, 0.2) is 15.7 Å². The summed E-state index contributed by atoms with van der Waals surface area (Å²) in [5, 5.41) is 3.87. The molecule has 2 aromatic rings. The van der Waals surface area contributed by atoms with E-state index in [0.29, 0.717) is 30.4 Å². The van der Waals surface area contributed by atoms with Crippen molar-refractivity contribution in [1.29, 1.82) is 0 Å². The van der Waals surface area contributed by atoms with Gasteiger partial charge in [-0.3, -0.25) is 4.98 Å². The van der Waals surface area contributed by atoms with Gasteiger partial charge in [-0.15, -0.1) is 0 Å². The first-order valence-corrected chi connectivity index (χ1v) is 8.09. The summed E-state index contributed by atoms with van der Waals surface area (Å²) in [5.74, 6) is 0.829. The minimum atomic E-state index is -2.96. The molecule has 1 atom stereocenters. The zero-order valence-corrected chi connectivity index (χ0v) is 11.5. The van der Waals surface area contributed by atoms with Gasteiger partial charge < -0.3 is 10.3 Å². The van der Waals surface area contributed by atoms with Crippen LogP contribution in [0.5, 0.6) is 0 Å². The maximum Gasteiger partial charge on any atom is 0.276 e. The first-order valence-electron chi connectivity index (χ1n) is 6.27. The van der Waals surface area contributed by atoms with Crippen LogP contribution in [0.1, 0.15) is 23.7 Å². The number of hydrogen-bond donors (Lipinski definition) is 1. The molecule has 1 fully saturated rings. The minimum Gasteiger partial charge on any atom is -0.332 e. The fourth-order valence-corrected chi connectivity index (χ4v) is 3.91. The smallest absolute Gasteiger partial charge is 0.276 e. The number of nitrogens with two attached hydrogens (primary N) is 1. The van der Waals surface area contributed by atoms with E-state index < -0.39 is 9.84 Å². The van der Waals surface area contributed by atoms with E-state index in [0.717, 1.165) is 5.56 Å². The standard InChI is InChI=1S/C12H14N4O3S/c13-5-8-1-2-10(14-6-8)12-15-11(16-19-12)9-3-4-20(17,18)7-9/h1-2,6,9H,3-5,7,13H2. The van der Waals surface area contributed by atoms with E-state index >= 15 is 0 Å². The quantitative estimate of drug-likeness (QED) is 0.876. The van der Waals surface area contributed by atoms with Gasteiger partial charge in [0.1, 0.15) is 5.69 Å². The van der Waals surface area contributed by atoms with Gasteiger partial charge in [-0.1, -0.05) is 11.2 Å². The van der Waals surface area contributed by atoms with Crippen LogP contribution in [0, 0.1) is 0 Å². The molecule has 1 aliphatic rings. The van der Waals surface area contributed by atoms with Crippen molar-refractivity contribution < 1.29 is 12.9 Å². The van der Waals surface area contributed by atoms with Crippen LogP contribution in [0.2, 0.25) is 0 Å². The van der Waals surface area contributed by atoms with Gasteiger partial charge in [-0.25, -0.2) is 8.42 Å². The maximum absolute atomic E-state index is 11.5. The molecule has 0 radical (unpaired) electrons. The molecule has 0 spiro atoms. The highest BCUT2D eigenvalue weighted by molar-refractivity contribution is 7.91. The number of hydrogen-bond acceptors (Lipinski definition) is 7. The van der Waals surface area contributed by atoms with Gasteiger partial charge in [0.05, 0.1) is 11.5 Å². The molecule has 0 amide bonds. The lowest BCUT2D eigenvalue weighted by molar-refractivity contribution is 0.416. The van der Waals surface area contributed by atoms with Gasteiger partial charge in [-0.05, 0) is 18.1 Å². The molecule has 20 heavy (non-hydrogen) atoms. The topological polar surface area (TPSA) is 112 Å². The molecule has 106 valence electrons. The second-order valence-electron chi connectivity index (χ2n) is 4.81. The molecule has 0 aromatic carbocycles. The highest BCUT2D eigenvalue weighted by atomic mass is 32.2. The molecule has 0 bridgehead atoms. The van der Waals surface area contributed by atoms with Crippen molar-refractivity contribution in [2.45, 2.75) is 18.9 Å². The third kappa shape index (κ3) is 2.56. The summed E-state index contributed by atoms with van der Waals surface area (Å²) in [6.07, 6.45) is 2.19. The van der Waals surface area contributed by atoms with E-state index in [1.807, 2.05) is 6.07 Å². The van der Waals surface area contributed by atoms with Gasteiger partial charge >= 0.3 is 0 Å². The Labute approximate surface area is 116 Å². The van der Waals surface area contributed by atoms with Crippen LogP contribution >= 0.6 is 0 Å². The molecule has 0 saturated carbocycles. The van der Waals surface area contributed by atoms with Gasteiger partial charge in [-0.2, -0.15) is 4.98 Å². The lowest BCUT2D eigenvalue weighted by Gasteiger charge is -1.98. The van der Waals surface area contributed by atoms with Crippen LogP contribution in [0.4, 0.5) is 0 Å². The fourth-order valence-electron chi connectivity index (χ4n) is 2.18. The number of nitrogens with zero attached hydrogens (tertiary/aromatic N) is 3. The molecule has 1 aliphatic heterocycles. The number of pyridine rings is 1. The fraction of sp³-hybridized carbons (Fsp3) is 0.417. The van der Waals surface area contributed by atoms with Crippen molar-refractivity contribution in [3.05, 3.63) is 29.7 Å². The van der Waals surface area contributed by atoms with Gasteiger partial charge in [0.2, 0.25) is 0 Å². The molecule has 1 saturated heterocycles. The Morgan fingerprint density at radius 1 is 1.40 bits per heavy atom. The molecule has 8 heteroatoms. The van der Waals surface area contributed by atoms with Crippen molar-refractivity contribution in [1.82, 2.24) is 15.1 Å². The van der Waals surface area contributed by atoms with Gasteiger partial charge in [0.25, 0.3) is 5.89 Å². The highest BCUT2D eigenvalue weighted by Gasteiger charge is 2.32. The van der Waals surface area contributed by atoms with Crippen molar-refractivity contribution in [3.8, 4) is 11.6 Å². The molecule has 2 aromatic heterocycles. The zero-order valence-electron chi connectivity index (χ0n) is 10.7. The normalized spacial score (nSPS) is 21.1. The average molecular weight is 294 g/mol. The molecule has 3 heterocycles. The van der Waals surface area contributed by atoms with Crippen LogP contribution < -0.4 is 5.73 Å². The molecule has 1 unspecified atom stereocenters. The second-order valence-corrected chi connectivity index (χ2v) is 7.04. The summed E-state index contributed by atoms with van der Waals surface area (Å²) in [7, 11) is -2.96. The minimum absolute atomic E-state index is 0.0888. The number of aromatic nitrogens is 3. The molecule has 0 aliphatic carbocycles. The van der Waals surface area contributed by atoms with Crippen molar-refractivity contribution in [2.24, 2.45) is 5.73 Å². The first kappa shape index (κ1) is 13.2. The van der Waals surface area contributed by atoms with E-state index in [-0.39, 0.29) is 17.4 Å². The molecular weight excluding hydrogens is 280 g/mol. The van der Waals surface area contributed by atoms with Gasteiger partial charge in [0, 0.05) is 18.7 Å². The summed E-state index contributed by atoms with van der Waals surface area (Å²) >= 11 is 0. The number of sulfone groups is 1. The van der Waals surface area contributed by atoms with Crippen LogP contribution in [0.15, 0.2) is 22.9 Å².